The summed E-state index contributed by atoms with van der Waals surface area (Å²) in [5.74, 6) is -0.984. The monoisotopic (exact) mass is 807 g/mol. The van der Waals surface area contributed by atoms with Crippen molar-refractivity contribution in [2.75, 3.05) is 13.2 Å². The molecule has 0 aliphatic heterocycles. The van der Waals surface area contributed by atoms with Gasteiger partial charge in [-0.2, -0.15) is 0 Å². The van der Waals surface area contributed by atoms with Gasteiger partial charge in [-0.05, 0) is 89.9 Å². The van der Waals surface area contributed by atoms with Crippen molar-refractivity contribution in [2.45, 2.75) is 213 Å². The minimum absolute atomic E-state index is 0.105. The Morgan fingerprint density at radius 2 is 0.759 bits per heavy atom. The third kappa shape index (κ3) is 43.7. The van der Waals surface area contributed by atoms with Crippen LogP contribution in [0.1, 0.15) is 207 Å². The molecule has 0 rings (SSSR count). The standard InChI is InChI=1S/C52H86O6/c1-4-7-10-13-16-19-21-23-24-25-26-27-29-30-33-36-39-42-45-51(54)57-48-49(47-56-50(53)44-41-38-35-32-18-15-12-9-6-3)58-52(55)46-43-40-37-34-31-28-22-20-17-14-11-8-5-2/h8-9,11-12,14,17-18,20,22,24-27,32,49H,4-7,10,13,15-16,19,21,23,28-31,33-48H2,1-3H3/b11-8-,12-9-,17-14-,22-20-,25-24-,27-26-,32-18-. The Morgan fingerprint density at radius 3 is 1.28 bits per heavy atom. The Balaban J connectivity index is 4.41. The number of allylic oxidation sites excluding steroid dienone is 14. The molecule has 0 aromatic carbocycles. The van der Waals surface area contributed by atoms with E-state index in [4.69, 9.17) is 14.2 Å². The molecular weight excluding hydrogens is 721 g/mol. The van der Waals surface area contributed by atoms with Gasteiger partial charge in [0, 0.05) is 19.3 Å². The molecule has 1 unspecified atom stereocenters. The lowest BCUT2D eigenvalue weighted by molar-refractivity contribution is -0.167. The molecule has 6 heteroatoms. The first-order chi connectivity index (χ1) is 28.5. The number of rotatable bonds is 41. The molecule has 0 heterocycles. The summed E-state index contributed by atoms with van der Waals surface area (Å²) >= 11 is 0. The average molecular weight is 807 g/mol. The molecule has 0 saturated carbocycles. The predicted octanol–water partition coefficient (Wildman–Crippen LogP) is 15.3. The fourth-order valence-corrected chi connectivity index (χ4v) is 6.17. The van der Waals surface area contributed by atoms with Gasteiger partial charge in [0.1, 0.15) is 13.2 Å². The van der Waals surface area contributed by atoms with Crippen LogP contribution >= 0.6 is 0 Å². The topological polar surface area (TPSA) is 78.9 Å². The highest BCUT2D eigenvalue weighted by Gasteiger charge is 2.19. The molecule has 0 amide bonds. The lowest BCUT2D eigenvalue weighted by atomic mass is 10.1. The zero-order chi connectivity index (χ0) is 42.3. The number of hydrogen-bond acceptors (Lipinski definition) is 6. The summed E-state index contributed by atoms with van der Waals surface area (Å²) in [5.41, 5.74) is 0. The van der Waals surface area contributed by atoms with E-state index >= 15 is 0 Å². The molecule has 0 saturated heterocycles. The summed E-state index contributed by atoms with van der Waals surface area (Å²) in [6.07, 6.45) is 58.7. The molecule has 0 N–H and O–H groups in total. The number of unbranched alkanes of at least 4 members (excludes halogenated alkanes) is 19. The van der Waals surface area contributed by atoms with E-state index in [2.05, 4.69) is 99.8 Å². The summed E-state index contributed by atoms with van der Waals surface area (Å²) in [5, 5.41) is 0. The lowest BCUT2D eigenvalue weighted by Crippen LogP contribution is -2.30. The van der Waals surface area contributed by atoms with Crippen molar-refractivity contribution < 1.29 is 28.6 Å². The highest BCUT2D eigenvalue weighted by molar-refractivity contribution is 5.71. The molecule has 6 nitrogen and oxygen atoms in total. The Labute approximate surface area is 356 Å². The number of carbonyl (C=O) groups is 3. The van der Waals surface area contributed by atoms with E-state index in [1.165, 1.54) is 51.4 Å². The van der Waals surface area contributed by atoms with Crippen molar-refractivity contribution in [3.05, 3.63) is 85.1 Å². The summed E-state index contributed by atoms with van der Waals surface area (Å²) in [6.45, 7) is 6.29. The number of esters is 3. The highest BCUT2D eigenvalue weighted by atomic mass is 16.6. The third-order valence-corrected chi connectivity index (χ3v) is 9.70. The zero-order valence-electron chi connectivity index (χ0n) is 37.5. The molecular formula is C52H86O6. The molecule has 0 aromatic rings. The van der Waals surface area contributed by atoms with Crippen LogP contribution in [-0.4, -0.2) is 37.2 Å². The van der Waals surface area contributed by atoms with Crippen molar-refractivity contribution in [3.8, 4) is 0 Å². The van der Waals surface area contributed by atoms with Gasteiger partial charge in [-0.25, -0.2) is 0 Å². The van der Waals surface area contributed by atoms with Gasteiger partial charge in [0.25, 0.3) is 0 Å². The first-order valence-electron chi connectivity index (χ1n) is 23.6. The van der Waals surface area contributed by atoms with Crippen LogP contribution in [0.3, 0.4) is 0 Å². The van der Waals surface area contributed by atoms with E-state index in [1.807, 2.05) is 6.08 Å². The molecule has 0 radical (unpaired) electrons. The van der Waals surface area contributed by atoms with Gasteiger partial charge in [-0.15, -0.1) is 0 Å². The van der Waals surface area contributed by atoms with Crippen molar-refractivity contribution in [1.82, 2.24) is 0 Å². The maximum absolute atomic E-state index is 12.7. The van der Waals surface area contributed by atoms with E-state index in [9.17, 15) is 14.4 Å². The second kappa shape index (κ2) is 46.3. The largest absolute Gasteiger partial charge is 0.462 e. The van der Waals surface area contributed by atoms with Crippen LogP contribution in [-0.2, 0) is 28.6 Å². The Hall–Kier alpha value is -3.41. The van der Waals surface area contributed by atoms with Crippen LogP contribution in [0.15, 0.2) is 85.1 Å². The van der Waals surface area contributed by atoms with Crippen molar-refractivity contribution >= 4 is 17.9 Å². The highest BCUT2D eigenvalue weighted by Crippen LogP contribution is 2.13. The van der Waals surface area contributed by atoms with E-state index in [-0.39, 0.29) is 31.1 Å². The third-order valence-electron chi connectivity index (χ3n) is 9.70. The van der Waals surface area contributed by atoms with Gasteiger partial charge < -0.3 is 14.2 Å². The summed E-state index contributed by atoms with van der Waals surface area (Å²) < 4.78 is 16.6. The van der Waals surface area contributed by atoms with Gasteiger partial charge >= 0.3 is 17.9 Å². The molecule has 0 aromatic heterocycles. The van der Waals surface area contributed by atoms with Gasteiger partial charge in [-0.3, -0.25) is 14.4 Å². The van der Waals surface area contributed by atoms with Crippen LogP contribution in [0, 0.1) is 0 Å². The summed E-state index contributed by atoms with van der Waals surface area (Å²) in [4.78, 5) is 37.7. The predicted molar refractivity (Wildman–Crippen MR) is 247 cm³/mol. The van der Waals surface area contributed by atoms with Gasteiger partial charge in [0.15, 0.2) is 6.10 Å². The van der Waals surface area contributed by atoms with Gasteiger partial charge in [-0.1, -0.05) is 183 Å². The summed E-state index contributed by atoms with van der Waals surface area (Å²) in [7, 11) is 0. The fraction of sp³-hybridized carbons (Fsp3) is 0.673. The van der Waals surface area contributed by atoms with E-state index < -0.39 is 6.10 Å². The average Bonchev–Trinajstić information content (AvgIpc) is 3.22. The second-order valence-corrected chi connectivity index (χ2v) is 15.3. The first-order valence-corrected chi connectivity index (χ1v) is 23.6. The minimum Gasteiger partial charge on any atom is -0.462 e. The number of hydrogen-bond donors (Lipinski definition) is 0. The molecule has 0 bridgehead atoms. The van der Waals surface area contributed by atoms with Crippen molar-refractivity contribution in [3.63, 3.8) is 0 Å². The molecule has 58 heavy (non-hydrogen) atoms. The SMILES string of the molecule is CC\C=C/C=C\C=C/CCCCCCCC(=O)OC(COC(=O)CCCC/C=C\C/C=C\CC)COC(=O)CCCCCCC/C=C\C=C/CCCCCCCCC. The van der Waals surface area contributed by atoms with Crippen LogP contribution in [0.25, 0.3) is 0 Å². The van der Waals surface area contributed by atoms with E-state index in [1.54, 1.807) is 0 Å². The Kier molecular flexibility index (Phi) is 43.6. The zero-order valence-corrected chi connectivity index (χ0v) is 37.5. The van der Waals surface area contributed by atoms with E-state index in [0.29, 0.717) is 19.3 Å². The van der Waals surface area contributed by atoms with Gasteiger partial charge in [0.2, 0.25) is 0 Å². The van der Waals surface area contributed by atoms with Gasteiger partial charge in [0.05, 0.1) is 0 Å². The van der Waals surface area contributed by atoms with Crippen molar-refractivity contribution in [2.24, 2.45) is 0 Å². The Morgan fingerprint density at radius 1 is 0.379 bits per heavy atom. The quantitative estimate of drug-likeness (QED) is 0.0201. The minimum atomic E-state index is -0.805. The van der Waals surface area contributed by atoms with Crippen LogP contribution in [0.4, 0.5) is 0 Å². The first kappa shape index (κ1) is 54.6. The number of ether oxygens (including phenoxy) is 3. The molecule has 0 aliphatic rings. The normalized spacial score (nSPS) is 12.8. The molecule has 330 valence electrons. The molecule has 0 spiro atoms. The van der Waals surface area contributed by atoms with Crippen LogP contribution in [0.2, 0.25) is 0 Å². The summed E-state index contributed by atoms with van der Waals surface area (Å²) in [6, 6.07) is 0. The molecule has 0 aliphatic carbocycles. The maximum atomic E-state index is 12.7. The van der Waals surface area contributed by atoms with Crippen molar-refractivity contribution in [1.29, 1.82) is 0 Å². The second-order valence-electron chi connectivity index (χ2n) is 15.3. The Bertz CT molecular complexity index is 1160. The lowest BCUT2D eigenvalue weighted by Gasteiger charge is -2.18. The van der Waals surface area contributed by atoms with Crippen LogP contribution in [0.5, 0.6) is 0 Å². The van der Waals surface area contributed by atoms with Crippen LogP contribution < -0.4 is 0 Å². The molecule has 0 fully saturated rings. The smallest absolute Gasteiger partial charge is 0.306 e. The number of carbonyl (C=O) groups excluding carboxylic acids is 3. The van der Waals surface area contributed by atoms with E-state index in [0.717, 1.165) is 116 Å². The fourth-order valence-electron chi connectivity index (χ4n) is 6.17. The maximum Gasteiger partial charge on any atom is 0.306 e. The molecule has 1 atom stereocenters.